The summed E-state index contributed by atoms with van der Waals surface area (Å²) in [5.74, 6) is -0.116. The lowest BCUT2D eigenvalue weighted by molar-refractivity contribution is 0.209. The fraction of sp³-hybridized carbons (Fsp3) is 0.571. The summed E-state index contributed by atoms with van der Waals surface area (Å²) >= 11 is 0. The lowest BCUT2D eigenvalue weighted by Gasteiger charge is -2.38. The molecular formula is C14H21ClN2O2S. The van der Waals surface area contributed by atoms with Gasteiger partial charge in [0.25, 0.3) is 0 Å². The molecule has 2 rings (SSSR count). The molecule has 0 spiro atoms. The van der Waals surface area contributed by atoms with Crippen LogP contribution in [0.3, 0.4) is 0 Å². The number of rotatable bonds is 4. The van der Waals surface area contributed by atoms with Gasteiger partial charge in [-0.15, -0.1) is 0 Å². The summed E-state index contributed by atoms with van der Waals surface area (Å²) in [6, 6.07) is 8.15. The molecule has 1 aliphatic heterocycles. The zero-order chi connectivity index (χ0) is 14.8. The fourth-order valence-electron chi connectivity index (χ4n) is 2.61. The summed E-state index contributed by atoms with van der Waals surface area (Å²) < 4.78 is 22.6. The molecule has 0 atom stereocenters. The van der Waals surface area contributed by atoms with Crippen LogP contribution in [0.2, 0.25) is 0 Å². The average molecular weight is 317 g/mol. The van der Waals surface area contributed by atoms with E-state index in [1.165, 1.54) is 0 Å². The minimum atomic E-state index is -3.53. The Morgan fingerprint density at radius 3 is 2.30 bits per heavy atom. The number of anilines is 1. The smallest absolute Gasteiger partial charge is 0.236 e. The maximum atomic E-state index is 11.3. The van der Waals surface area contributed by atoms with Gasteiger partial charge < -0.3 is 4.90 Å². The van der Waals surface area contributed by atoms with E-state index in [9.17, 15) is 8.42 Å². The van der Waals surface area contributed by atoms with Gasteiger partial charge in [-0.1, -0.05) is 18.2 Å². The van der Waals surface area contributed by atoms with Crippen molar-refractivity contribution < 1.29 is 8.42 Å². The lowest BCUT2D eigenvalue weighted by atomic mass is 10.1. The fourth-order valence-corrected chi connectivity index (χ4v) is 3.57. The predicted octanol–water partition coefficient (Wildman–Crippen LogP) is 2.29. The van der Waals surface area contributed by atoms with Crippen LogP contribution in [0.5, 0.6) is 0 Å². The third-order valence-electron chi connectivity index (χ3n) is 3.70. The highest BCUT2D eigenvalue weighted by Crippen LogP contribution is 2.25. The first-order valence-electron chi connectivity index (χ1n) is 6.86. The summed E-state index contributed by atoms with van der Waals surface area (Å²) in [4.78, 5) is 4.67. The molecule has 1 fully saturated rings. The molecule has 4 nitrogen and oxygen atoms in total. The first-order chi connectivity index (χ1) is 9.37. The van der Waals surface area contributed by atoms with Crippen molar-refractivity contribution in [2.45, 2.75) is 25.6 Å². The largest absolute Gasteiger partial charge is 0.369 e. The molecule has 1 aliphatic rings. The van der Waals surface area contributed by atoms with Gasteiger partial charge in [-0.05, 0) is 25.5 Å². The second kappa shape index (κ2) is 6.33. The molecule has 6 heteroatoms. The first kappa shape index (κ1) is 15.6. The maximum Gasteiger partial charge on any atom is 0.236 e. The SMILES string of the molecule is CC(C)N1CCN(c2ccccc2CS(=O)(=O)Cl)CC1. The van der Waals surface area contributed by atoms with Crippen molar-refractivity contribution in [3.05, 3.63) is 29.8 Å². The summed E-state index contributed by atoms with van der Waals surface area (Å²) in [7, 11) is 1.86. The van der Waals surface area contributed by atoms with Crippen LogP contribution < -0.4 is 4.90 Å². The van der Waals surface area contributed by atoms with E-state index in [0.29, 0.717) is 6.04 Å². The number of para-hydroxylation sites is 1. The van der Waals surface area contributed by atoms with E-state index in [0.717, 1.165) is 37.4 Å². The first-order valence-corrected chi connectivity index (χ1v) is 9.34. The van der Waals surface area contributed by atoms with Crippen LogP contribution in [0.1, 0.15) is 19.4 Å². The molecule has 0 saturated carbocycles. The standard InChI is InChI=1S/C14H21ClN2O2S/c1-12(2)16-7-9-17(10-8-16)14-6-4-3-5-13(14)11-20(15,18)19/h3-6,12H,7-11H2,1-2H3. The highest BCUT2D eigenvalue weighted by atomic mass is 35.7. The van der Waals surface area contributed by atoms with Crippen molar-refractivity contribution in [2.24, 2.45) is 0 Å². The van der Waals surface area contributed by atoms with E-state index < -0.39 is 9.05 Å². The lowest BCUT2D eigenvalue weighted by Crippen LogP contribution is -2.49. The monoisotopic (exact) mass is 316 g/mol. The molecule has 0 N–H and O–H groups in total. The van der Waals surface area contributed by atoms with Crippen LogP contribution in [0.15, 0.2) is 24.3 Å². The molecule has 0 amide bonds. The summed E-state index contributed by atoms with van der Waals surface area (Å²) in [6.07, 6.45) is 0. The Hall–Kier alpha value is -0.780. The summed E-state index contributed by atoms with van der Waals surface area (Å²) in [6.45, 7) is 8.22. The van der Waals surface area contributed by atoms with Crippen molar-refractivity contribution in [1.82, 2.24) is 4.90 Å². The van der Waals surface area contributed by atoms with E-state index in [4.69, 9.17) is 10.7 Å². The van der Waals surface area contributed by atoms with Gasteiger partial charge in [-0.3, -0.25) is 4.90 Å². The van der Waals surface area contributed by atoms with Gasteiger partial charge in [0.15, 0.2) is 0 Å². The van der Waals surface area contributed by atoms with Crippen LogP contribution in [-0.2, 0) is 14.8 Å². The number of halogens is 1. The Morgan fingerprint density at radius 2 is 1.75 bits per heavy atom. The van der Waals surface area contributed by atoms with Gasteiger partial charge in [0.05, 0.1) is 5.75 Å². The Balaban J connectivity index is 2.14. The Morgan fingerprint density at radius 1 is 1.15 bits per heavy atom. The number of benzene rings is 1. The van der Waals surface area contributed by atoms with E-state index in [2.05, 4.69) is 23.6 Å². The van der Waals surface area contributed by atoms with Crippen molar-refractivity contribution in [3.8, 4) is 0 Å². The van der Waals surface area contributed by atoms with Crippen LogP contribution >= 0.6 is 10.7 Å². The van der Waals surface area contributed by atoms with Crippen LogP contribution in [0, 0.1) is 0 Å². The minimum absolute atomic E-state index is 0.116. The quantitative estimate of drug-likeness (QED) is 0.799. The molecular weight excluding hydrogens is 296 g/mol. The zero-order valence-corrected chi connectivity index (χ0v) is 13.5. The predicted molar refractivity (Wildman–Crippen MR) is 83.8 cm³/mol. The summed E-state index contributed by atoms with van der Waals surface area (Å²) in [5.41, 5.74) is 1.76. The van der Waals surface area contributed by atoms with Gasteiger partial charge in [0.2, 0.25) is 9.05 Å². The third-order valence-corrected chi connectivity index (χ3v) is 4.69. The number of hydrogen-bond acceptors (Lipinski definition) is 4. The van der Waals surface area contributed by atoms with Crippen LogP contribution in [0.25, 0.3) is 0 Å². The molecule has 0 unspecified atom stereocenters. The average Bonchev–Trinajstić information content (AvgIpc) is 2.37. The Labute approximate surface area is 125 Å². The van der Waals surface area contributed by atoms with Gasteiger partial charge in [-0.25, -0.2) is 8.42 Å². The molecule has 1 aromatic carbocycles. The normalized spacial score (nSPS) is 17.7. The van der Waals surface area contributed by atoms with E-state index >= 15 is 0 Å². The van der Waals surface area contributed by atoms with Gasteiger partial charge in [0, 0.05) is 48.6 Å². The number of hydrogen-bond donors (Lipinski definition) is 0. The van der Waals surface area contributed by atoms with Crippen molar-refractivity contribution in [2.75, 3.05) is 31.1 Å². The molecule has 0 aliphatic carbocycles. The second-order valence-corrected chi connectivity index (χ2v) is 8.21. The molecule has 0 bridgehead atoms. The molecule has 0 radical (unpaired) electrons. The Bertz CT molecular complexity index is 552. The molecule has 112 valence electrons. The van der Waals surface area contributed by atoms with E-state index in [1.807, 2.05) is 24.3 Å². The van der Waals surface area contributed by atoms with E-state index in [1.54, 1.807) is 0 Å². The maximum absolute atomic E-state index is 11.3. The molecule has 20 heavy (non-hydrogen) atoms. The number of nitrogens with zero attached hydrogens (tertiary/aromatic N) is 2. The molecule has 1 saturated heterocycles. The van der Waals surface area contributed by atoms with Crippen molar-refractivity contribution in [1.29, 1.82) is 0 Å². The van der Waals surface area contributed by atoms with Crippen molar-refractivity contribution in [3.63, 3.8) is 0 Å². The molecule has 1 aromatic rings. The minimum Gasteiger partial charge on any atom is -0.369 e. The van der Waals surface area contributed by atoms with E-state index in [-0.39, 0.29) is 5.75 Å². The highest BCUT2D eigenvalue weighted by Gasteiger charge is 2.21. The molecule has 0 aromatic heterocycles. The third kappa shape index (κ3) is 4.11. The van der Waals surface area contributed by atoms with Crippen LogP contribution in [0.4, 0.5) is 5.69 Å². The Kier molecular flexibility index (Phi) is 4.94. The van der Waals surface area contributed by atoms with Gasteiger partial charge in [0.1, 0.15) is 0 Å². The van der Waals surface area contributed by atoms with Crippen LogP contribution in [-0.4, -0.2) is 45.5 Å². The number of piperazine rings is 1. The zero-order valence-electron chi connectivity index (χ0n) is 11.9. The highest BCUT2D eigenvalue weighted by molar-refractivity contribution is 8.13. The van der Waals surface area contributed by atoms with Gasteiger partial charge in [-0.2, -0.15) is 0 Å². The summed E-state index contributed by atoms with van der Waals surface area (Å²) in [5, 5.41) is 0. The molecule has 1 heterocycles. The second-order valence-electron chi connectivity index (χ2n) is 5.43. The topological polar surface area (TPSA) is 40.6 Å². The van der Waals surface area contributed by atoms with Crippen molar-refractivity contribution >= 4 is 25.4 Å². The van der Waals surface area contributed by atoms with Gasteiger partial charge >= 0.3 is 0 Å².